The van der Waals surface area contributed by atoms with Gasteiger partial charge in [0.05, 0.1) is 25.9 Å². The van der Waals surface area contributed by atoms with Crippen molar-refractivity contribution < 1.29 is 14.6 Å². The monoisotopic (exact) mass is 286 g/mol. The molecule has 120 valence electrons. The van der Waals surface area contributed by atoms with Gasteiger partial charge in [-0.05, 0) is 13.3 Å². The second kappa shape index (κ2) is 10.6. The van der Waals surface area contributed by atoms with E-state index in [1.807, 2.05) is 0 Å². The summed E-state index contributed by atoms with van der Waals surface area (Å²) in [7, 11) is 0. The van der Waals surface area contributed by atoms with E-state index in [1.54, 1.807) is 0 Å². The Morgan fingerprint density at radius 3 is 2.15 bits per heavy atom. The number of aliphatic hydroxyl groups excluding tert-OH is 1. The van der Waals surface area contributed by atoms with E-state index in [0.29, 0.717) is 13.2 Å². The number of aliphatic hydroxyl groups is 1. The molecule has 3 heteroatoms. The molecule has 20 heavy (non-hydrogen) atoms. The van der Waals surface area contributed by atoms with Gasteiger partial charge in [-0.15, -0.1) is 0 Å². The Labute approximate surface area is 125 Å². The number of ether oxygens (including phenoxy) is 2. The van der Waals surface area contributed by atoms with Gasteiger partial charge in [-0.3, -0.25) is 0 Å². The third kappa shape index (κ3) is 6.55. The molecule has 0 aromatic heterocycles. The van der Waals surface area contributed by atoms with Gasteiger partial charge in [0.25, 0.3) is 0 Å². The largest absolute Gasteiger partial charge is 0.394 e. The second-order valence-corrected chi connectivity index (χ2v) is 6.30. The Balaban J connectivity index is 1.91. The smallest absolute Gasteiger partial charge is 0.115 e. The highest BCUT2D eigenvalue weighted by molar-refractivity contribution is 4.93. The van der Waals surface area contributed by atoms with E-state index < -0.39 is 0 Å². The summed E-state index contributed by atoms with van der Waals surface area (Å²) in [5.41, 5.74) is -0.150. The van der Waals surface area contributed by atoms with Crippen molar-refractivity contribution in [2.45, 2.75) is 89.8 Å². The van der Waals surface area contributed by atoms with Crippen molar-refractivity contribution in [3.63, 3.8) is 0 Å². The molecule has 0 saturated carbocycles. The number of hydrogen-bond acceptors (Lipinski definition) is 3. The van der Waals surface area contributed by atoms with Crippen LogP contribution in [0.15, 0.2) is 0 Å². The molecule has 0 radical (unpaired) electrons. The van der Waals surface area contributed by atoms with Crippen LogP contribution < -0.4 is 0 Å². The van der Waals surface area contributed by atoms with Gasteiger partial charge in [-0.1, -0.05) is 64.7 Å². The molecule has 0 spiro atoms. The van der Waals surface area contributed by atoms with Gasteiger partial charge in [0, 0.05) is 0 Å². The van der Waals surface area contributed by atoms with Gasteiger partial charge in [0.2, 0.25) is 0 Å². The van der Waals surface area contributed by atoms with E-state index in [4.69, 9.17) is 14.6 Å². The van der Waals surface area contributed by atoms with Crippen molar-refractivity contribution in [2.24, 2.45) is 0 Å². The van der Waals surface area contributed by atoms with Crippen LogP contribution in [0.5, 0.6) is 0 Å². The molecule has 0 bridgehead atoms. The first-order chi connectivity index (χ1) is 9.73. The minimum absolute atomic E-state index is 0.0976. The van der Waals surface area contributed by atoms with Crippen molar-refractivity contribution >= 4 is 0 Å². The van der Waals surface area contributed by atoms with Crippen LogP contribution in [0.3, 0.4) is 0 Å². The van der Waals surface area contributed by atoms with E-state index in [-0.39, 0.29) is 18.3 Å². The summed E-state index contributed by atoms with van der Waals surface area (Å²) in [6.45, 7) is 5.56. The van der Waals surface area contributed by atoms with Crippen molar-refractivity contribution in [3.05, 3.63) is 0 Å². The van der Waals surface area contributed by atoms with Gasteiger partial charge in [0.1, 0.15) is 5.60 Å². The quantitative estimate of drug-likeness (QED) is 0.519. The molecular weight excluding hydrogens is 252 g/mol. The van der Waals surface area contributed by atoms with Crippen molar-refractivity contribution in [3.8, 4) is 0 Å². The lowest BCUT2D eigenvalue weighted by Gasteiger charge is -2.46. The maximum absolute atomic E-state index is 8.82. The SMILES string of the molecule is CCCCCCCCCCCC1OCC1(C)OCCO. The highest BCUT2D eigenvalue weighted by Crippen LogP contribution is 2.32. The van der Waals surface area contributed by atoms with Crippen molar-refractivity contribution in [2.75, 3.05) is 19.8 Å². The van der Waals surface area contributed by atoms with E-state index in [0.717, 1.165) is 6.42 Å². The molecule has 2 atom stereocenters. The zero-order valence-corrected chi connectivity index (χ0v) is 13.5. The van der Waals surface area contributed by atoms with Crippen LogP contribution in [-0.4, -0.2) is 36.6 Å². The minimum atomic E-state index is -0.150. The zero-order chi connectivity index (χ0) is 14.7. The summed E-state index contributed by atoms with van der Waals surface area (Å²) in [5.74, 6) is 0. The summed E-state index contributed by atoms with van der Waals surface area (Å²) in [5, 5.41) is 8.82. The molecule has 2 unspecified atom stereocenters. The van der Waals surface area contributed by atoms with Crippen molar-refractivity contribution in [1.82, 2.24) is 0 Å². The highest BCUT2D eigenvalue weighted by Gasteiger charge is 2.44. The molecule has 1 aliphatic heterocycles. The third-order valence-electron chi connectivity index (χ3n) is 4.35. The molecule has 0 aromatic rings. The van der Waals surface area contributed by atoms with Crippen LogP contribution in [0.25, 0.3) is 0 Å². The minimum Gasteiger partial charge on any atom is -0.394 e. The Morgan fingerprint density at radius 2 is 1.65 bits per heavy atom. The maximum Gasteiger partial charge on any atom is 0.115 e. The predicted molar refractivity (Wildman–Crippen MR) is 83.0 cm³/mol. The van der Waals surface area contributed by atoms with Gasteiger partial charge < -0.3 is 14.6 Å². The molecule has 0 aromatic carbocycles. The van der Waals surface area contributed by atoms with Crippen LogP contribution >= 0.6 is 0 Å². The fraction of sp³-hybridized carbons (Fsp3) is 1.00. The first kappa shape index (κ1) is 17.9. The summed E-state index contributed by atoms with van der Waals surface area (Å²) in [6.07, 6.45) is 13.6. The molecule has 1 rings (SSSR count). The topological polar surface area (TPSA) is 38.7 Å². The molecule has 1 N–H and O–H groups in total. The van der Waals surface area contributed by atoms with E-state index >= 15 is 0 Å². The average Bonchev–Trinajstić information content (AvgIpc) is 2.45. The summed E-state index contributed by atoms with van der Waals surface area (Å²) in [6, 6.07) is 0. The Bertz CT molecular complexity index is 232. The number of hydrogen-bond donors (Lipinski definition) is 1. The fourth-order valence-electron chi connectivity index (χ4n) is 2.88. The normalized spacial score (nSPS) is 25.6. The van der Waals surface area contributed by atoms with Crippen LogP contribution in [0.4, 0.5) is 0 Å². The Hall–Kier alpha value is -0.120. The molecule has 1 aliphatic rings. The summed E-state index contributed by atoms with van der Waals surface area (Å²) < 4.78 is 11.3. The molecular formula is C17H34O3. The van der Waals surface area contributed by atoms with E-state index in [9.17, 15) is 0 Å². The zero-order valence-electron chi connectivity index (χ0n) is 13.5. The first-order valence-corrected chi connectivity index (χ1v) is 8.59. The Morgan fingerprint density at radius 1 is 1.05 bits per heavy atom. The molecule has 3 nitrogen and oxygen atoms in total. The maximum atomic E-state index is 8.82. The fourth-order valence-corrected chi connectivity index (χ4v) is 2.88. The number of rotatable bonds is 13. The summed E-state index contributed by atoms with van der Waals surface area (Å²) in [4.78, 5) is 0. The lowest BCUT2D eigenvalue weighted by molar-refractivity contribution is -0.255. The average molecular weight is 286 g/mol. The standard InChI is InChI=1S/C17H34O3/c1-3-4-5-6-7-8-9-10-11-12-16-17(2,15-19-16)20-14-13-18/h16,18H,3-15H2,1-2H3. The second-order valence-electron chi connectivity index (χ2n) is 6.30. The molecule has 1 saturated heterocycles. The first-order valence-electron chi connectivity index (χ1n) is 8.59. The van der Waals surface area contributed by atoms with E-state index in [2.05, 4.69) is 13.8 Å². The molecule has 1 heterocycles. The number of unbranched alkanes of at least 4 members (excludes halogenated alkanes) is 8. The van der Waals surface area contributed by atoms with Gasteiger partial charge >= 0.3 is 0 Å². The molecule has 0 aliphatic carbocycles. The van der Waals surface area contributed by atoms with Crippen molar-refractivity contribution in [1.29, 1.82) is 0 Å². The lowest BCUT2D eigenvalue weighted by atomic mass is 9.89. The van der Waals surface area contributed by atoms with Gasteiger partial charge in [-0.25, -0.2) is 0 Å². The third-order valence-corrected chi connectivity index (χ3v) is 4.35. The summed E-state index contributed by atoms with van der Waals surface area (Å²) >= 11 is 0. The Kier molecular flexibility index (Phi) is 9.49. The molecule has 1 fully saturated rings. The predicted octanol–water partition coefficient (Wildman–Crippen LogP) is 4.07. The molecule has 0 amide bonds. The highest BCUT2D eigenvalue weighted by atomic mass is 16.6. The van der Waals surface area contributed by atoms with Crippen LogP contribution in [0.2, 0.25) is 0 Å². The van der Waals surface area contributed by atoms with Gasteiger partial charge in [0.15, 0.2) is 0 Å². The van der Waals surface area contributed by atoms with Crippen LogP contribution in [0.1, 0.15) is 78.1 Å². The van der Waals surface area contributed by atoms with Gasteiger partial charge in [-0.2, -0.15) is 0 Å². The van der Waals surface area contributed by atoms with E-state index in [1.165, 1.54) is 57.8 Å². The lowest BCUT2D eigenvalue weighted by Crippen LogP contribution is -2.58. The van der Waals surface area contributed by atoms with Crippen LogP contribution in [0, 0.1) is 0 Å². The van der Waals surface area contributed by atoms with Crippen LogP contribution in [-0.2, 0) is 9.47 Å².